The van der Waals surface area contributed by atoms with Gasteiger partial charge in [0.25, 0.3) is 0 Å². The van der Waals surface area contributed by atoms with Gasteiger partial charge in [-0.25, -0.2) is 15.0 Å². The molecule has 4 heterocycles. The molecular weight excluding hydrogens is 468 g/mol. The first-order valence-corrected chi connectivity index (χ1v) is 13.5. The van der Waals surface area contributed by atoms with Crippen molar-refractivity contribution < 1.29 is 9.47 Å². The third-order valence-corrected chi connectivity index (χ3v) is 7.75. The SMILES string of the molecule is CN1CCN(c2cncnc2NC2CCC(Oc3cc(N4CCOCC4)cc4nccnc34)CC2)CC1. The average molecular weight is 505 g/mol. The first-order chi connectivity index (χ1) is 18.2. The van der Waals surface area contributed by atoms with Gasteiger partial charge in [0, 0.05) is 69.5 Å². The van der Waals surface area contributed by atoms with Crippen LogP contribution in [0.15, 0.2) is 37.1 Å². The second-order valence-corrected chi connectivity index (χ2v) is 10.3. The minimum Gasteiger partial charge on any atom is -0.488 e. The molecule has 196 valence electrons. The fraction of sp³-hybridized carbons (Fsp3) is 0.556. The number of benzene rings is 1. The van der Waals surface area contributed by atoms with E-state index < -0.39 is 0 Å². The lowest BCUT2D eigenvalue weighted by Gasteiger charge is -2.35. The summed E-state index contributed by atoms with van der Waals surface area (Å²) in [4.78, 5) is 25.2. The molecule has 0 bridgehead atoms. The zero-order valence-corrected chi connectivity index (χ0v) is 21.6. The second kappa shape index (κ2) is 11.0. The number of nitrogens with one attached hydrogen (secondary N) is 1. The third-order valence-electron chi connectivity index (χ3n) is 7.75. The van der Waals surface area contributed by atoms with Gasteiger partial charge in [-0.2, -0.15) is 0 Å². The van der Waals surface area contributed by atoms with Crippen LogP contribution in [0.2, 0.25) is 0 Å². The van der Waals surface area contributed by atoms with Gasteiger partial charge in [0.1, 0.15) is 17.6 Å². The van der Waals surface area contributed by atoms with Crippen molar-refractivity contribution in [1.82, 2.24) is 24.8 Å². The number of piperazine rings is 1. The highest BCUT2D eigenvalue weighted by molar-refractivity contribution is 5.85. The lowest BCUT2D eigenvalue weighted by Crippen LogP contribution is -2.45. The van der Waals surface area contributed by atoms with Gasteiger partial charge in [-0.1, -0.05) is 0 Å². The summed E-state index contributed by atoms with van der Waals surface area (Å²) in [5, 5.41) is 3.72. The second-order valence-electron chi connectivity index (χ2n) is 10.3. The summed E-state index contributed by atoms with van der Waals surface area (Å²) in [6.07, 6.45) is 11.3. The van der Waals surface area contributed by atoms with E-state index in [1.54, 1.807) is 18.7 Å². The Morgan fingerprint density at radius 3 is 2.49 bits per heavy atom. The highest BCUT2D eigenvalue weighted by atomic mass is 16.5. The van der Waals surface area contributed by atoms with Crippen molar-refractivity contribution in [3.8, 4) is 5.75 Å². The summed E-state index contributed by atoms with van der Waals surface area (Å²) in [5.41, 5.74) is 3.94. The van der Waals surface area contributed by atoms with Gasteiger partial charge in [0.2, 0.25) is 0 Å². The number of morpholine rings is 1. The van der Waals surface area contributed by atoms with Crippen LogP contribution in [0.1, 0.15) is 25.7 Å². The van der Waals surface area contributed by atoms with Gasteiger partial charge in [-0.3, -0.25) is 4.98 Å². The number of nitrogens with zero attached hydrogens (tertiary/aromatic N) is 7. The Bertz CT molecular complexity index is 1190. The molecule has 3 aliphatic rings. The number of hydrogen-bond donors (Lipinski definition) is 1. The maximum absolute atomic E-state index is 6.60. The minimum absolute atomic E-state index is 0.158. The lowest BCUT2D eigenvalue weighted by atomic mass is 9.93. The normalized spacial score (nSPS) is 23.3. The van der Waals surface area contributed by atoms with Crippen molar-refractivity contribution in [3.05, 3.63) is 37.1 Å². The molecule has 2 aromatic heterocycles. The molecule has 0 atom stereocenters. The van der Waals surface area contributed by atoms with Crippen molar-refractivity contribution in [2.24, 2.45) is 0 Å². The van der Waals surface area contributed by atoms with Crippen LogP contribution in [0.25, 0.3) is 11.0 Å². The number of likely N-dealkylation sites (N-methyl/N-ethyl adjacent to an activating group) is 1. The summed E-state index contributed by atoms with van der Waals surface area (Å²) >= 11 is 0. The molecule has 2 aliphatic heterocycles. The number of fused-ring (bicyclic) bond motifs is 1. The van der Waals surface area contributed by atoms with Crippen molar-refractivity contribution >= 4 is 28.2 Å². The molecule has 10 heteroatoms. The lowest BCUT2D eigenvalue weighted by molar-refractivity contribution is 0.122. The number of hydrogen-bond acceptors (Lipinski definition) is 10. The number of anilines is 3. The zero-order valence-electron chi connectivity index (χ0n) is 21.6. The van der Waals surface area contributed by atoms with Crippen LogP contribution in [-0.2, 0) is 4.74 Å². The third kappa shape index (κ3) is 5.55. The van der Waals surface area contributed by atoms with E-state index in [9.17, 15) is 0 Å². The Morgan fingerprint density at radius 2 is 1.68 bits per heavy atom. The van der Waals surface area contributed by atoms with Crippen molar-refractivity contribution in [2.75, 3.05) is 74.6 Å². The fourth-order valence-electron chi connectivity index (χ4n) is 5.53. The van der Waals surface area contributed by atoms with Gasteiger partial charge >= 0.3 is 0 Å². The molecule has 0 radical (unpaired) electrons. The molecule has 1 N–H and O–H groups in total. The fourth-order valence-corrected chi connectivity index (χ4v) is 5.53. The average Bonchev–Trinajstić information content (AvgIpc) is 2.95. The summed E-state index contributed by atoms with van der Waals surface area (Å²) in [6.45, 7) is 7.36. The highest BCUT2D eigenvalue weighted by Gasteiger charge is 2.26. The van der Waals surface area contributed by atoms with Crippen LogP contribution < -0.4 is 19.9 Å². The molecule has 37 heavy (non-hydrogen) atoms. The first-order valence-electron chi connectivity index (χ1n) is 13.5. The Hall–Kier alpha value is -3.24. The summed E-state index contributed by atoms with van der Waals surface area (Å²) in [7, 11) is 2.17. The van der Waals surface area contributed by atoms with Crippen molar-refractivity contribution in [3.63, 3.8) is 0 Å². The maximum Gasteiger partial charge on any atom is 0.153 e. The van der Waals surface area contributed by atoms with Gasteiger partial charge in [0.05, 0.1) is 36.7 Å². The molecule has 0 amide bonds. The van der Waals surface area contributed by atoms with Crippen LogP contribution >= 0.6 is 0 Å². The monoisotopic (exact) mass is 504 g/mol. The van der Waals surface area contributed by atoms with E-state index in [0.717, 1.165) is 112 Å². The number of ether oxygens (including phenoxy) is 2. The summed E-state index contributed by atoms with van der Waals surface area (Å²) in [5.74, 6) is 1.78. The van der Waals surface area contributed by atoms with Gasteiger partial charge in [0.15, 0.2) is 5.82 Å². The molecule has 0 spiro atoms. The predicted molar refractivity (Wildman–Crippen MR) is 145 cm³/mol. The van der Waals surface area contributed by atoms with E-state index in [1.807, 2.05) is 6.20 Å². The standard InChI is InChI=1S/C27H36N8O2/c1-33-8-10-35(11-9-33)24-18-28-19-31-27(24)32-20-2-4-22(5-3-20)37-25-17-21(34-12-14-36-15-13-34)16-23-26(25)30-7-6-29-23/h6-7,16-20,22H,2-5,8-15H2,1H3,(H,28,31,32). The van der Waals surface area contributed by atoms with Crippen LogP contribution in [0.3, 0.4) is 0 Å². The van der Waals surface area contributed by atoms with Crippen LogP contribution in [0, 0.1) is 0 Å². The quantitative estimate of drug-likeness (QED) is 0.540. The maximum atomic E-state index is 6.60. The molecule has 3 fully saturated rings. The summed E-state index contributed by atoms with van der Waals surface area (Å²) in [6, 6.07) is 4.62. The Kier molecular flexibility index (Phi) is 7.18. The van der Waals surface area contributed by atoms with Crippen LogP contribution in [0.4, 0.5) is 17.2 Å². The molecule has 10 nitrogen and oxygen atoms in total. The van der Waals surface area contributed by atoms with E-state index >= 15 is 0 Å². The number of rotatable bonds is 6. The Morgan fingerprint density at radius 1 is 0.892 bits per heavy atom. The van der Waals surface area contributed by atoms with E-state index in [2.05, 4.69) is 59.1 Å². The van der Waals surface area contributed by atoms with Gasteiger partial charge in [-0.15, -0.1) is 0 Å². The van der Waals surface area contributed by atoms with Crippen molar-refractivity contribution in [2.45, 2.75) is 37.8 Å². The topological polar surface area (TPSA) is 91.8 Å². The molecule has 1 saturated carbocycles. The molecule has 0 unspecified atom stereocenters. The zero-order chi connectivity index (χ0) is 25.0. The number of aromatic nitrogens is 4. The molecule has 2 saturated heterocycles. The molecule has 3 aromatic rings. The van der Waals surface area contributed by atoms with Gasteiger partial charge < -0.3 is 29.5 Å². The van der Waals surface area contributed by atoms with Crippen molar-refractivity contribution in [1.29, 1.82) is 0 Å². The van der Waals surface area contributed by atoms with E-state index in [1.165, 1.54) is 0 Å². The largest absolute Gasteiger partial charge is 0.488 e. The van der Waals surface area contributed by atoms with E-state index in [0.29, 0.717) is 6.04 Å². The minimum atomic E-state index is 0.158. The van der Waals surface area contributed by atoms with E-state index in [-0.39, 0.29) is 6.10 Å². The van der Waals surface area contributed by atoms with Gasteiger partial charge in [-0.05, 0) is 38.8 Å². The Labute approximate surface area is 218 Å². The molecular formula is C27H36N8O2. The summed E-state index contributed by atoms with van der Waals surface area (Å²) < 4.78 is 12.1. The van der Waals surface area contributed by atoms with E-state index in [4.69, 9.17) is 9.47 Å². The van der Waals surface area contributed by atoms with Crippen LogP contribution in [-0.4, -0.2) is 96.5 Å². The molecule has 1 aromatic carbocycles. The predicted octanol–water partition coefficient (Wildman–Crippen LogP) is 2.81. The first kappa shape index (κ1) is 24.1. The van der Waals surface area contributed by atoms with Crippen LogP contribution in [0.5, 0.6) is 5.75 Å². The smallest absolute Gasteiger partial charge is 0.153 e. The highest BCUT2D eigenvalue weighted by Crippen LogP contribution is 2.34. The molecule has 6 rings (SSSR count). The Balaban J connectivity index is 1.11. The molecule has 1 aliphatic carbocycles.